The number of thiophene rings is 1. The standard InChI is InChI=1S/C22H13ClS/c23-18-10-3-1-7-15(18)16-9-5-6-14-12-13-20-22(21(14)16)17-8-2-4-11-19(17)24-20/h1-13H. The van der Waals surface area contributed by atoms with Crippen LogP contribution in [0.1, 0.15) is 0 Å². The fourth-order valence-corrected chi connectivity index (χ4v) is 4.85. The van der Waals surface area contributed by atoms with E-state index in [-0.39, 0.29) is 0 Å². The Bertz CT molecular complexity index is 1220. The summed E-state index contributed by atoms with van der Waals surface area (Å²) in [7, 11) is 0. The minimum atomic E-state index is 0.793. The number of benzene rings is 4. The Morgan fingerprint density at radius 1 is 0.583 bits per heavy atom. The second-order valence-electron chi connectivity index (χ2n) is 5.92. The molecule has 0 saturated carbocycles. The Morgan fingerprint density at radius 2 is 1.38 bits per heavy atom. The summed E-state index contributed by atoms with van der Waals surface area (Å²) in [4.78, 5) is 0. The zero-order valence-electron chi connectivity index (χ0n) is 12.8. The van der Waals surface area contributed by atoms with Gasteiger partial charge in [-0.05, 0) is 34.5 Å². The third-order valence-electron chi connectivity index (χ3n) is 4.55. The molecule has 0 nitrogen and oxygen atoms in total. The van der Waals surface area contributed by atoms with E-state index in [1.807, 2.05) is 29.5 Å². The highest BCUT2D eigenvalue weighted by Crippen LogP contribution is 2.43. The molecule has 1 aromatic heterocycles. The Kier molecular flexibility index (Phi) is 3.12. The molecule has 5 rings (SSSR count). The maximum atomic E-state index is 6.51. The van der Waals surface area contributed by atoms with Crippen LogP contribution >= 0.6 is 22.9 Å². The van der Waals surface area contributed by atoms with Crippen LogP contribution < -0.4 is 0 Å². The molecule has 0 aliphatic rings. The molecular formula is C22H13ClS. The normalized spacial score (nSPS) is 11.5. The summed E-state index contributed by atoms with van der Waals surface area (Å²) in [6.07, 6.45) is 0. The van der Waals surface area contributed by atoms with E-state index in [2.05, 4.69) is 60.7 Å². The topological polar surface area (TPSA) is 0 Å². The number of fused-ring (bicyclic) bond motifs is 5. The van der Waals surface area contributed by atoms with Gasteiger partial charge >= 0.3 is 0 Å². The summed E-state index contributed by atoms with van der Waals surface area (Å²) in [5, 5.41) is 6.00. The van der Waals surface area contributed by atoms with Crippen LogP contribution in [-0.4, -0.2) is 0 Å². The molecule has 0 fully saturated rings. The van der Waals surface area contributed by atoms with Crippen molar-refractivity contribution in [2.45, 2.75) is 0 Å². The number of halogens is 1. The van der Waals surface area contributed by atoms with Gasteiger partial charge in [-0.1, -0.05) is 72.3 Å². The SMILES string of the molecule is Clc1ccccc1-c1cccc2ccc3sc4ccccc4c3c12. The predicted molar refractivity (Wildman–Crippen MR) is 107 cm³/mol. The lowest BCUT2D eigenvalue weighted by atomic mass is 9.94. The molecule has 0 unspecified atom stereocenters. The molecule has 0 bridgehead atoms. The highest BCUT2D eigenvalue weighted by molar-refractivity contribution is 7.26. The van der Waals surface area contributed by atoms with Crippen molar-refractivity contribution in [1.82, 2.24) is 0 Å². The molecule has 0 aliphatic carbocycles. The first-order valence-corrected chi connectivity index (χ1v) is 9.10. The monoisotopic (exact) mass is 344 g/mol. The van der Waals surface area contributed by atoms with Crippen molar-refractivity contribution in [2.75, 3.05) is 0 Å². The zero-order valence-corrected chi connectivity index (χ0v) is 14.4. The van der Waals surface area contributed by atoms with Gasteiger partial charge in [-0.3, -0.25) is 0 Å². The van der Waals surface area contributed by atoms with Crippen LogP contribution in [-0.2, 0) is 0 Å². The van der Waals surface area contributed by atoms with Crippen LogP contribution in [0.25, 0.3) is 42.1 Å². The molecule has 0 atom stereocenters. The third kappa shape index (κ3) is 1.99. The average Bonchev–Trinajstić information content (AvgIpc) is 3.00. The molecule has 24 heavy (non-hydrogen) atoms. The summed E-state index contributed by atoms with van der Waals surface area (Å²) in [5.41, 5.74) is 2.29. The Hall–Kier alpha value is -2.35. The minimum absolute atomic E-state index is 0.793. The van der Waals surface area contributed by atoms with Gasteiger partial charge in [0.1, 0.15) is 0 Å². The number of hydrogen-bond acceptors (Lipinski definition) is 1. The quantitative estimate of drug-likeness (QED) is 0.295. The van der Waals surface area contributed by atoms with E-state index in [0.717, 1.165) is 10.6 Å². The highest BCUT2D eigenvalue weighted by Gasteiger charge is 2.13. The molecule has 0 N–H and O–H groups in total. The van der Waals surface area contributed by atoms with Crippen molar-refractivity contribution in [3.8, 4) is 11.1 Å². The fraction of sp³-hybridized carbons (Fsp3) is 0. The second-order valence-corrected chi connectivity index (χ2v) is 7.41. The molecule has 4 aromatic carbocycles. The maximum absolute atomic E-state index is 6.51. The van der Waals surface area contributed by atoms with E-state index in [4.69, 9.17) is 11.6 Å². The van der Waals surface area contributed by atoms with Gasteiger partial charge in [0.25, 0.3) is 0 Å². The summed E-state index contributed by atoms with van der Waals surface area (Å²) in [6.45, 7) is 0. The van der Waals surface area contributed by atoms with Gasteiger partial charge in [0, 0.05) is 30.8 Å². The predicted octanol–water partition coefficient (Wildman–Crippen LogP) is 7.53. The number of rotatable bonds is 1. The molecule has 0 amide bonds. The Morgan fingerprint density at radius 3 is 2.29 bits per heavy atom. The molecule has 0 spiro atoms. The van der Waals surface area contributed by atoms with Crippen LogP contribution in [0.2, 0.25) is 5.02 Å². The fourth-order valence-electron chi connectivity index (χ4n) is 3.50. The average molecular weight is 345 g/mol. The van der Waals surface area contributed by atoms with Gasteiger partial charge in [-0.15, -0.1) is 11.3 Å². The highest BCUT2D eigenvalue weighted by atomic mass is 35.5. The van der Waals surface area contributed by atoms with Gasteiger partial charge in [-0.25, -0.2) is 0 Å². The van der Waals surface area contributed by atoms with Crippen molar-refractivity contribution in [3.63, 3.8) is 0 Å². The maximum Gasteiger partial charge on any atom is 0.0484 e. The van der Waals surface area contributed by atoms with Gasteiger partial charge in [0.15, 0.2) is 0 Å². The summed E-state index contributed by atoms with van der Waals surface area (Å²) < 4.78 is 2.65. The van der Waals surface area contributed by atoms with Crippen molar-refractivity contribution in [3.05, 3.63) is 83.9 Å². The van der Waals surface area contributed by atoms with Gasteiger partial charge in [0.2, 0.25) is 0 Å². The third-order valence-corrected chi connectivity index (χ3v) is 6.01. The number of hydrogen-bond donors (Lipinski definition) is 0. The lowest BCUT2D eigenvalue weighted by Crippen LogP contribution is -1.83. The van der Waals surface area contributed by atoms with Crippen LogP contribution in [0.15, 0.2) is 78.9 Å². The molecule has 2 heteroatoms. The molecule has 5 aromatic rings. The van der Waals surface area contributed by atoms with E-state index < -0.39 is 0 Å². The van der Waals surface area contributed by atoms with E-state index in [1.165, 1.54) is 36.5 Å². The first kappa shape index (κ1) is 14.0. The van der Waals surface area contributed by atoms with Crippen LogP contribution in [0.5, 0.6) is 0 Å². The molecule has 0 saturated heterocycles. The van der Waals surface area contributed by atoms with Gasteiger partial charge < -0.3 is 0 Å². The largest absolute Gasteiger partial charge is 0.135 e. The lowest BCUT2D eigenvalue weighted by Gasteiger charge is -2.10. The van der Waals surface area contributed by atoms with Crippen molar-refractivity contribution < 1.29 is 0 Å². The smallest absolute Gasteiger partial charge is 0.0484 e. The van der Waals surface area contributed by atoms with Crippen molar-refractivity contribution in [2.24, 2.45) is 0 Å². The first-order chi connectivity index (χ1) is 11.8. The van der Waals surface area contributed by atoms with E-state index in [1.54, 1.807) is 0 Å². The summed E-state index contributed by atoms with van der Waals surface area (Å²) in [6, 6.07) is 27.6. The van der Waals surface area contributed by atoms with Crippen molar-refractivity contribution in [1.29, 1.82) is 0 Å². The van der Waals surface area contributed by atoms with Gasteiger partial charge in [-0.2, -0.15) is 0 Å². The molecule has 1 heterocycles. The molecular weight excluding hydrogens is 332 g/mol. The van der Waals surface area contributed by atoms with Crippen molar-refractivity contribution >= 4 is 53.9 Å². The molecule has 0 radical (unpaired) electrons. The molecule has 114 valence electrons. The summed E-state index contributed by atoms with van der Waals surface area (Å²) in [5.74, 6) is 0. The van der Waals surface area contributed by atoms with Crippen LogP contribution in [0.3, 0.4) is 0 Å². The first-order valence-electron chi connectivity index (χ1n) is 7.91. The van der Waals surface area contributed by atoms with E-state index >= 15 is 0 Å². The second kappa shape index (κ2) is 5.34. The van der Waals surface area contributed by atoms with Crippen LogP contribution in [0.4, 0.5) is 0 Å². The Labute approximate surface area is 148 Å². The molecule has 0 aliphatic heterocycles. The van der Waals surface area contributed by atoms with Crippen LogP contribution in [0, 0.1) is 0 Å². The minimum Gasteiger partial charge on any atom is -0.135 e. The van der Waals surface area contributed by atoms with E-state index in [9.17, 15) is 0 Å². The summed E-state index contributed by atoms with van der Waals surface area (Å²) >= 11 is 8.36. The van der Waals surface area contributed by atoms with Gasteiger partial charge in [0.05, 0.1) is 0 Å². The zero-order chi connectivity index (χ0) is 16.1. The Balaban J connectivity index is 2.04. The van der Waals surface area contributed by atoms with E-state index in [0.29, 0.717) is 0 Å². The lowest BCUT2D eigenvalue weighted by molar-refractivity contribution is 1.66.